The van der Waals surface area contributed by atoms with Crippen LogP contribution in [0.4, 0.5) is 4.39 Å². The van der Waals surface area contributed by atoms with Gasteiger partial charge in [-0.2, -0.15) is 0 Å². The number of rotatable bonds is 4. The van der Waals surface area contributed by atoms with Crippen molar-refractivity contribution in [2.24, 2.45) is 0 Å². The molecule has 1 heterocycles. The molecule has 0 amide bonds. The molecule has 1 atom stereocenters. The van der Waals surface area contributed by atoms with Crippen LogP contribution in [0, 0.1) is 5.82 Å². The van der Waals surface area contributed by atoms with Gasteiger partial charge >= 0.3 is 0 Å². The topological polar surface area (TPSA) is 27.8 Å². The first-order valence-corrected chi connectivity index (χ1v) is 5.36. The van der Waals surface area contributed by atoms with Gasteiger partial charge in [0.15, 0.2) is 0 Å². The molecule has 2 N–H and O–H groups in total. The molecule has 0 saturated carbocycles. The fourth-order valence-corrected chi connectivity index (χ4v) is 1.63. The van der Waals surface area contributed by atoms with E-state index in [4.69, 9.17) is 0 Å². The van der Waals surface area contributed by atoms with Crippen molar-refractivity contribution in [1.29, 1.82) is 0 Å². The van der Waals surface area contributed by atoms with Crippen LogP contribution in [0.5, 0.6) is 0 Å². The number of benzene rings is 1. The van der Waals surface area contributed by atoms with E-state index in [1.165, 1.54) is 11.6 Å². The smallest absolute Gasteiger partial charge is 0.123 e. The average molecular weight is 218 g/mol. The summed E-state index contributed by atoms with van der Waals surface area (Å²) < 4.78 is 13.0. The fourth-order valence-electron chi connectivity index (χ4n) is 1.63. The number of halogens is 1. The lowest BCUT2D eigenvalue weighted by atomic mass is 10.1. The molecule has 0 saturated heterocycles. The maximum absolute atomic E-state index is 13.0. The Bertz CT molecular complexity index is 437. The van der Waals surface area contributed by atoms with E-state index in [1.54, 1.807) is 12.1 Å². The van der Waals surface area contributed by atoms with Crippen LogP contribution >= 0.6 is 0 Å². The van der Waals surface area contributed by atoms with E-state index in [9.17, 15) is 4.39 Å². The molecule has 1 aromatic carbocycles. The Balaban J connectivity index is 1.95. The highest BCUT2D eigenvalue weighted by atomic mass is 19.1. The summed E-state index contributed by atoms with van der Waals surface area (Å²) in [5, 5.41) is 3.34. The maximum atomic E-state index is 13.0. The lowest BCUT2D eigenvalue weighted by Gasteiger charge is -2.13. The maximum Gasteiger partial charge on any atom is 0.123 e. The first kappa shape index (κ1) is 10.9. The molecule has 0 aliphatic rings. The summed E-state index contributed by atoms with van der Waals surface area (Å²) >= 11 is 0. The Morgan fingerprint density at radius 3 is 2.94 bits per heavy atom. The predicted molar refractivity (Wildman–Crippen MR) is 62.4 cm³/mol. The van der Waals surface area contributed by atoms with Crippen LogP contribution in [0.3, 0.4) is 0 Å². The zero-order valence-corrected chi connectivity index (χ0v) is 9.20. The van der Waals surface area contributed by atoms with Gasteiger partial charge in [0, 0.05) is 25.0 Å². The van der Waals surface area contributed by atoms with E-state index in [0.29, 0.717) is 0 Å². The lowest BCUT2D eigenvalue weighted by Crippen LogP contribution is -2.17. The summed E-state index contributed by atoms with van der Waals surface area (Å²) in [4.78, 5) is 3.00. The number of aromatic amines is 1. The molecule has 0 fully saturated rings. The van der Waals surface area contributed by atoms with Crippen molar-refractivity contribution in [3.8, 4) is 0 Å². The summed E-state index contributed by atoms with van der Waals surface area (Å²) in [6.07, 6.45) is 3.84. The summed E-state index contributed by atoms with van der Waals surface area (Å²) in [5.41, 5.74) is 2.17. The molecule has 0 aliphatic heterocycles. The van der Waals surface area contributed by atoms with Crippen molar-refractivity contribution < 1.29 is 4.39 Å². The van der Waals surface area contributed by atoms with Gasteiger partial charge in [-0.25, -0.2) is 4.39 Å². The molecule has 2 aromatic rings. The van der Waals surface area contributed by atoms with Crippen molar-refractivity contribution in [3.63, 3.8) is 0 Å². The summed E-state index contributed by atoms with van der Waals surface area (Å²) in [6, 6.07) is 8.85. The molecule has 2 nitrogen and oxygen atoms in total. The van der Waals surface area contributed by atoms with E-state index in [0.717, 1.165) is 12.1 Å². The summed E-state index contributed by atoms with van der Waals surface area (Å²) in [7, 11) is 0. The van der Waals surface area contributed by atoms with Crippen molar-refractivity contribution in [1.82, 2.24) is 10.3 Å². The Hall–Kier alpha value is -1.61. The Kier molecular flexibility index (Phi) is 3.37. The van der Waals surface area contributed by atoms with Crippen LogP contribution in [-0.4, -0.2) is 4.98 Å². The Morgan fingerprint density at radius 2 is 2.25 bits per heavy atom. The highest BCUT2D eigenvalue weighted by Gasteiger charge is 2.05. The number of aromatic nitrogens is 1. The Morgan fingerprint density at radius 1 is 1.38 bits per heavy atom. The second-order valence-electron chi connectivity index (χ2n) is 3.88. The van der Waals surface area contributed by atoms with Crippen LogP contribution in [0.15, 0.2) is 42.7 Å². The third kappa shape index (κ3) is 2.70. The SMILES string of the molecule is C[C@H](NCc1cc[nH]c1)c1cccc(F)c1. The number of nitrogens with one attached hydrogen (secondary N) is 2. The van der Waals surface area contributed by atoms with Crippen molar-refractivity contribution in [3.05, 3.63) is 59.7 Å². The zero-order valence-electron chi connectivity index (χ0n) is 9.20. The van der Waals surface area contributed by atoms with E-state index < -0.39 is 0 Å². The molecule has 1 aromatic heterocycles. The van der Waals surface area contributed by atoms with Crippen molar-refractivity contribution >= 4 is 0 Å². The lowest BCUT2D eigenvalue weighted by molar-refractivity contribution is 0.565. The second-order valence-corrected chi connectivity index (χ2v) is 3.88. The molecule has 2 rings (SSSR count). The number of hydrogen-bond acceptors (Lipinski definition) is 1. The van der Waals surface area contributed by atoms with Gasteiger partial charge in [-0.05, 0) is 36.2 Å². The monoisotopic (exact) mass is 218 g/mol. The van der Waals surface area contributed by atoms with Gasteiger partial charge in [0.1, 0.15) is 5.82 Å². The zero-order chi connectivity index (χ0) is 11.4. The molecule has 0 radical (unpaired) electrons. The van der Waals surface area contributed by atoms with Crippen molar-refractivity contribution in [2.75, 3.05) is 0 Å². The second kappa shape index (κ2) is 4.94. The third-order valence-corrected chi connectivity index (χ3v) is 2.62. The molecule has 0 bridgehead atoms. The minimum atomic E-state index is -0.187. The largest absolute Gasteiger partial charge is 0.367 e. The van der Waals surface area contributed by atoms with E-state index in [2.05, 4.69) is 10.3 Å². The van der Waals surface area contributed by atoms with Crippen LogP contribution in [-0.2, 0) is 6.54 Å². The van der Waals surface area contributed by atoms with E-state index in [1.807, 2.05) is 31.5 Å². The molecule has 16 heavy (non-hydrogen) atoms. The predicted octanol–water partition coefficient (Wildman–Crippen LogP) is 3.00. The Labute approximate surface area is 94.5 Å². The highest BCUT2D eigenvalue weighted by Crippen LogP contribution is 2.14. The van der Waals surface area contributed by atoms with Crippen LogP contribution in [0.25, 0.3) is 0 Å². The third-order valence-electron chi connectivity index (χ3n) is 2.62. The molecule has 84 valence electrons. The van der Waals surface area contributed by atoms with Gasteiger partial charge in [-0.3, -0.25) is 0 Å². The highest BCUT2D eigenvalue weighted by molar-refractivity contribution is 5.20. The molecule has 0 aliphatic carbocycles. The molecular weight excluding hydrogens is 203 g/mol. The minimum Gasteiger partial charge on any atom is -0.367 e. The molecule has 0 unspecified atom stereocenters. The number of H-pyrrole nitrogens is 1. The molecule has 3 heteroatoms. The normalized spacial score (nSPS) is 12.6. The average Bonchev–Trinajstić information content (AvgIpc) is 2.78. The van der Waals surface area contributed by atoms with Crippen LogP contribution < -0.4 is 5.32 Å². The van der Waals surface area contributed by atoms with Crippen LogP contribution in [0.1, 0.15) is 24.1 Å². The standard InChI is InChI=1S/C13H15FN2/c1-10(12-3-2-4-13(14)7-12)16-9-11-5-6-15-8-11/h2-8,10,15-16H,9H2,1H3/t10-/m0/s1. The summed E-state index contributed by atoms with van der Waals surface area (Å²) in [5.74, 6) is -0.187. The van der Waals surface area contributed by atoms with Crippen molar-refractivity contribution in [2.45, 2.75) is 19.5 Å². The fraction of sp³-hybridized carbons (Fsp3) is 0.231. The van der Waals surface area contributed by atoms with Gasteiger partial charge < -0.3 is 10.3 Å². The minimum absolute atomic E-state index is 0.144. The van der Waals surface area contributed by atoms with Gasteiger partial charge in [-0.15, -0.1) is 0 Å². The summed E-state index contributed by atoms with van der Waals surface area (Å²) in [6.45, 7) is 2.81. The number of hydrogen-bond donors (Lipinski definition) is 2. The van der Waals surface area contributed by atoms with Gasteiger partial charge in [0.25, 0.3) is 0 Å². The molecular formula is C13H15FN2. The van der Waals surface area contributed by atoms with Gasteiger partial charge in [0.05, 0.1) is 0 Å². The van der Waals surface area contributed by atoms with Crippen LogP contribution in [0.2, 0.25) is 0 Å². The first-order valence-electron chi connectivity index (χ1n) is 5.36. The molecule has 0 spiro atoms. The van der Waals surface area contributed by atoms with Gasteiger partial charge in [0.2, 0.25) is 0 Å². The first-order chi connectivity index (χ1) is 7.75. The van der Waals surface area contributed by atoms with E-state index in [-0.39, 0.29) is 11.9 Å². The van der Waals surface area contributed by atoms with E-state index >= 15 is 0 Å². The van der Waals surface area contributed by atoms with Gasteiger partial charge in [-0.1, -0.05) is 12.1 Å². The quantitative estimate of drug-likeness (QED) is 0.811.